The third kappa shape index (κ3) is 5.04. The van der Waals surface area contributed by atoms with Crippen molar-refractivity contribution in [3.05, 3.63) is 48.5 Å². The van der Waals surface area contributed by atoms with Gasteiger partial charge in [0.2, 0.25) is 11.9 Å². The van der Waals surface area contributed by atoms with Gasteiger partial charge in [0, 0.05) is 58.4 Å². The molecule has 1 aliphatic rings. The highest BCUT2D eigenvalue weighted by Gasteiger charge is 2.21. The number of nitrogens with two attached hydrogens (primary N) is 1. The maximum Gasteiger partial charge on any atom is 0.230 e. The SMILES string of the molecule is CN(CCN1CCN(c2cc(OCCO)ccc2F)CC1)c1nc(N)n2nc(-c3ccco3)cc2n1. The number of aliphatic hydroxyl groups is 1. The Balaban J connectivity index is 1.18. The van der Waals surface area contributed by atoms with E-state index in [9.17, 15) is 4.39 Å². The molecule has 0 unspecified atom stereocenters. The number of nitrogens with zero attached hydrogens (tertiary/aromatic N) is 7. The first-order chi connectivity index (χ1) is 17.5. The summed E-state index contributed by atoms with van der Waals surface area (Å²) < 4.78 is 26.8. The van der Waals surface area contributed by atoms with Crippen LogP contribution in [0.15, 0.2) is 47.1 Å². The van der Waals surface area contributed by atoms with E-state index in [0.29, 0.717) is 54.1 Å². The molecule has 0 bridgehead atoms. The van der Waals surface area contributed by atoms with Crippen LogP contribution in [0.1, 0.15) is 0 Å². The Kier molecular flexibility index (Phi) is 6.87. The van der Waals surface area contributed by atoms with E-state index in [4.69, 9.17) is 20.0 Å². The van der Waals surface area contributed by atoms with Crippen LogP contribution in [0.4, 0.5) is 22.0 Å². The standard InChI is InChI=1S/C24H29FN8O3/c1-30(24-27-22-16-19(21-3-2-13-36-21)29-33(22)23(26)28-24)6-7-31-8-10-32(11-9-31)20-15-17(35-14-12-34)4-5-18(20)25/h2-5,13,15-16,34H,6-12,14H2,1H3,(H2,26,27,28). The number of aliphatic hydroxyl groups excluding tert-OH is 1. The molecule has 0 saturated carbocycles. The van der Waals surface area contributed by atoms with Crippen molar-refractivity contribution in [2.45, 2.75) is 0 Å². The monoisotopic (exact) mass is 496 g/mol. The van der Waals surface area contributed by atoms with E-state index >= 15 is 0 Å². The molecule has 3 N–H and O–H groups in total. The summed E-state index contributed by atoms with van der Waals surface area (Å²) in [5, 5.41) is 13.4. The molecule has 0 amide bonds. The van der Waals surface area contributed by atoms with Gasteiger partial charge in [0.25, 0.3) is 0 Å². The van der Waals surface area contributed by atoms with Crippen LogP contribution in [0, 0.1) is 5.82 Å². The van der Waals surface area contributed by atoms with E-state index in [1.54, 1.807) is 24.5 Å². The van der Waals surface area contributed by atoms with Crippen LogP contribution in [0.25, 0.3) is 17.1 Å². The van der Waals surface area contributed by atoms with Gasteiger partial charge in [-0.2, -0.15) is 19.6 Å². The van der Waals surface area contributed by atoms with E-state index in [0.717, 1.165) is 19.6 Å². The lowest BCUT2D eigenvalue weighted by Gasteiger charge is -2.36. The minimum absolute atomic E-state index is 0.0836. The number of fused-ring (bicyclic) bond motifs is 1. The van der Waals surface area contributed by atoms with Crippen LogP contribution in [0.3, 0.4) is 0 Å². The summed E-state index contributed by atoms with van der Waals surface area (Å²) in [4.78, 5) is 15.3. The van der Waals surface area contributed by atoms with Crippen molar-refractivity contribution in [3.8, 4) is 17.2 Å². The minimum Gasteiger partial charge on any atom is -0.491 e. The van der Waals surface area contributed by atoms with Crippen molar-refractivity contribution in [1.29, 1.82) is 0 Å². The van der Waals surface area contributed by atoms with Crippen molar-refractivity contribution in [1.82, 2.24) is 24.5 Å². The molecule has 36 heavy (non-hydrogen) atoms. The predicted molar refractivity (Wildman–Crippen MR) is 134 cm³/mol. The smallest absolute Gasteiger partial charge is 0.230 e. The van der Waals surface area contributed by atoms with Crippen molar-refractivity contribution in [2.24, 2.45) is 0 Å². The first kappa shape index (κ1) is 23.8. The number of anilines is 3. The second-order valence-corrected chi connectivity index (χ2v) is 8.59. The fourth-order valence-corrected chi connectivity index (χ4v) is 4.20. The van der Waals surface area contributed by atoms with Crippen LogP contribution < -0.4 is 20.3 Å². The van der Waals surface area contributed by atoms with Gasteiger partial charge in [0.15, 0.2) is 11.4 Å². The first-order valence-electron chi connectivity index (χ1n) is 11.8. The van der Waals surface area contributed by atoms with Gasteiger partial charge in [-0.25, -0.2) is 4.39 Å². The summed E-state index contributed by atoms with van der Waals surface area (Å²) in [6, 6.07) is 10.1. The van der Waals surface area contributed by atoms with Gasteiger partial charge < -0.3 is 29.8 Å². The Bertz CT molecular complexity index is 1300. The number of nitrogen functional groups attached to an aromatic ring is 1. The van der Waals surface area contributed by atoms with Gasteiger partial charge in [-0.1, -0.05) is 0 Å². The zero-order valence-corrected chi connectivity index (χ0v) is 20.0. The van der Waals surface area contributed by atoms with Crippen molar-refractivity contribution < 1.29 is 18.7 Å². The van der Waals surface area contributed by atoms with Crippen molar-refractivity contribution in [3.63, 3.8) is 0 Å². The molecule has 0 atom stereocenters. The van der Waals surface area contributed by atoms with Crippen molar-refractivity contribution in [2.75, 3.05) is 75.1 Å². The highest BCUT2D eigenvalue weighted by Crippen LogP contribution is 2.26. The Morgan fingerprint density at radius 2 is 2.00 bits per heavy atom. The van der Waals surface area contributed by atoms with Crippen LogP contribution in [0.5, 0.6) is 5.75 Å². The number of likely N-dealkylation sites (N-methyl/N-ethyl adjacent to an activating group) is 1. The molecule has 1 fully saturated rings. The molecule has 12 heteroatoms. The van der Waals surface area contributed by atoms with E-state index in [2.05, 4.69) is 20.0 Å². The van der Waals surface area contributed by atoms with Gasteiger partial charge in [-0.15, -0.1) is 0 Å². The Morgan fingerprint density at radius 3 is 2.75 bits per heavy atom. The quantitative estimate of drug-likeness (QED) is 0.354. The molecule has 1 saturated heterocycles. The van der Waals surface area contributed by atoms with Gasteiger partial charge in [-0.3, -0.25) is 4.90 Å². The zero-order chi connectivity index (χ0) is 25.1. The molecule has 5 rings (SSSR count). The van der Waals surface area contributed by atoms with Gasteiger partial charge in [0.1, 0.15) is 23.9 Å². The predicted octanol–water partition coefficient (Wildman–Crippen LogP) is 1.74. The number of benzene rings is 1. The van der Waals surface area contributed by atoms with Crippen LogP contribution >= 0.6 is 0 Å². The second-order valence-electron chi connectivity index (χ2n) is 8.59. The molecule has 0 radical (unpaired) electrons. The zero-order valence-electron chi connectivity index (χ0n) is 20.0. The minimum atomic E-state index is -0.278. The number of furan rings is 1. The van der Waals surface area contributed by atoms with Crippen molar-refractivity contribution >= 4 is 23.2 Å². The van der Waals surface area contributed by atoms with E-state index < -0.39 is 0 Å². The normalized spacial score (nSPS) is 14.5. The second kappa shape index (κ2) is 10.4. The molecule has 4 heterocycles. The summed E-state index contributed by atoms with van der Waals surface area (Å²) in [5.74, 6) is 1.68. The van der Waals surface area contributed by atoms with Crippen LogP contribution in [-0.2, 0) is 0 Å². The Hall–Kier alpha value is -3.90. The summed E-state index contributed by atoms with van der Waals surface area (Å²) in [7, 11) is 1.93. The summed E-state index contributed by atoms with van der Waals surface area (Å²) in [6.07, 6.45) is 1.59. The molecule has 1 aliphatic heterocycles. The van der Waals surface area contributed by atoms with E-state index in [1.807, 2.05) is 29.0 Å². The van der Waals surface area contributed by atoms with Crippen LogP contribution in [-0.4, -0.2) is 89.1 Å². The molecule has 0 aliphatic carbocycles. The lowest BCUT2D eigenvalue weighted by atomic mass is 10.2. The fourth-order valence-electron chi connectivity index (χ4n) is 4.20. The largest absolute Gasteiger partial charge is 0.491 e. The summed E-state index contributed by atoms with van der Waals surface area (Å²) in [6.45, 7) is 4.60. The summed E-state index contributed by atoms with van der Waals surface area (Å²) >= 11 is 0. The first-order valence-corrected chi connectivity index (χ1v) is 11.8. The lowest BCUT2D eigenvalue weighted by Crippen LogP contribution is -2.48. The van der Waals surface area contributed by atoms with E-state index in [-0.39, 0.29) is 25.0 Å². The average Bonchev–Trinajstić information content (AvgIpc) is 3.57. The molecule has 3 aromatic heterocycles. The molecule has 1 aromatic carbocycles. The molecule has 4 aromatic rings. The molecular formula is C24H29FN8O3. The molecule has 11 nitrogen and oxygen atoms in total. The average molecular weight is 497 g/mol. The maximum atomic E-state index is 14.4. The molecule has 190 valence electrons. The Morgan fingerprint density at radius 1 is 1.17 bits per heavy atom. The number of ether oxygens (including phenoxy) is 1. The highest BCUT2D eigenvalue weighted by atomic mass is 19.1. The molecule has 0 spiro atoms. The topological polar surface area (TPSA) is 121 Å². The van der Waals surface area contributed by atoms with E-state index in [1.165, 1.54) is 10.6 Å². The summed E-state index contributed by atoms with van der Waals surface area (Å²) in [5.41, 5.74) is 7.90. The van der Waals surface area contributed by atoms with Gasteiger partial charge in [-0.05, 0) is 24.3 Å². The van der Waals surface area contributed by atoms with Gasteiger partial charge in [0.05, 0.1) is 18.6 Å². The third-order valence-electron chi connectivity index (χ3n) is 6.19. The lowest BCUT2D eigenvalue weighted by molar-refractivity contribution is 0.201. The number of hydrogen-bond acceptors (Lipinski definition) is 10. The highest BCUT2D eigenvalue weighted by molar-refractivity contribution is 5.61. The number of piperazine rings is 1. The van der Waals surface area contributed by atoms with Gasteiger partial charge >= 0.3 is 0 Å². The third-order valence-corrected chi connectivity index (χ3v) is 6.19. The maximum absolute atomic E-state index is 14.4. The number of aromatic nitrogens is 4. The number of halogens is 1. The number of rotatable bonds is 9. The Labute approximate surface area is 207 Å². The molecular weight excluding hydrogens is 467 g/mol. The number of hydrogen-bond donors (Lipinski definition) is 2. The van der Waals surface area contributed by atoms with Crippen LogP contribution in [0.2, 0.25) is 0 Å². The fraction of sp³-hybridized carbons (Fsp3) is 0.375.